The van der Waals surface area contributed by atoms with Crippen LogP contribution in [-0.4, -0.2) is 50.0 Å². The highest BCUT2D eigenvalue weighted by atomic mass is 32.1. The molecule has 25 heavy (non-hydrogen) atoms. The van der Waals surface area contributed by atoms with Gasteiger partial charge in [0.1, 0.15) is 0 Å². The third-order valence-corrected chi connectivity index (χ3v) is 6.09. The molecule has 0 spiro atoms. The summed E-state index contributed by atoms with van der Waals surface area (Å²) in [7, 11) is 0. The minimum absolute atomic E-state index is 0.0724. The van der Waals surface area contributed by atoms with E-state index in [1.807, 2.05) is 15.8 Å². The fourth-order valence-corrected chi connectivity index (χ4v) is 4.52. The molecule has 4 aliphatic rings. The van der Waals surface area contributed by atoms with Crippen LogP contribution in [0.15, 0.2) is 15.3 Å². The molecule has 8 heteroatoms. The van der Waals surface area contributed by atoms with Crippen LogP contribution in [0.2, 0.25) is 0 Å². The van der Waals surface area contributed by atoms with E-state index in [0.717, 1.165) is 50.4 Å². The summed E-state index contributed by atoms with van der Waals surface area (Å²) in [4.78, 5) is 21.6. The Labute approximate surface area is 150 Å². The molecule has 0 unspecified atom stereocenters. The van der Waals surface area contributed by atoms with Crippen LogP contribution in [0.25, 0.3) is 0 Å². The van der Waals surface area contributed by atoms with Gasteiger partial charge in [0.05, 0.1) is 30.2 Å². The third kappa shape index (κ3) is 3.08. The number of hydrogen-bond acceptors (Lipinski definition) is 7. The van der Waals surface area contributed by atoms with Crippen molar-refractivity contribution in [2.24, 2.45) is 5.92 Å². The molecule has 2 bridgehead atoms. The number of thiazole rings is 1. The topological polar surface area (TPSA) is 75.4 Å². The van der Waals surface area contributed by atoms with Crippen molar-refractivity contribution in [2.75, 3.05) is 13.1 Å². The predicted octanol–water partition coefficient (Wildman–Crippen LogP) is 2.03. The summed E-state index contributed by atoms with van der Waals surface area (Å²) in [5, 5.41) is 10.4. The fourth-order valence-electron chi connectivity index (χ4n) is 3.97. The van der Waals surface area contributed by atoms with Gasteiger partial charge >= 0.3 is 0 Å². The van der Waals surface area contributed by atoms with Crippen molar-refractivity contribution in [1.29, 1.82) is 0 Å². The van der Waals surface area contributed by atoms with Crippen LogP contribution >= 0.6 is 11.3 Å². The van der Waals surface area contributed by atoms with Gasteiger partial charge in [-0.25, -0.2) is 4.98 Å². The van der Waals surface area contributed by atoms with Crippen LogP contribution in [-0.2, 0) is 17.9 Å². The Balaban J connectivity index is 1.30. The van der Waals surface area contributed by atoms with E-state index in [1.165, 1.54) is 0 Å². The van der Waals surface area contributed by atoms with E-state index < -0.39 is 0 Å². The van der Waals surface area contributed by atoms with Crippen molar-refractivity contribution < 1.29 is 9.21 Å². The van der Waals surface area contributed by atoms with Gasteiger partial charge in [-0.1, -0.05) is 0 Å². The molecule has 2 aromatic rings. The maximum absolute atomic E-state index is 12.9. The van der Waals surface area contributed by atoms with Crippen molar-refractivity contribution in [3.8, 4) is 0 Å². The lowest BCUT2D eigenvalue weighted by Gasteiger charge is -2.35. The lowest BCUT2D eigenvalue weighted by atomic mass is 9.94. The minimum atomic E-state index is 0.0724. The van der Waals surface area contributed by atoms with Crippen LogP contribution < -0.4 is 0 Å². The molecule has 2 aromatic heterocycles. The Morgan fingerprint density at radius 2 is 2.00 bits per heavy atom. The molecule has 3 aliphatic heterocycles. The molecule has 0 aromatic carbocycles. The third-order valence-electron chi connectivity index (χ3n) is 5.45. The second-order valence-electron chi connectivity index (χ2n) is 7.38. The van der Waals surface area contributed by atoms with Gasteiger partial charge < -0.3 is 9.32 Å². The second-order valence-corrected chi connectivity index (χ2v) is 8.10. The zero-order valence-corrected chi connectivity index (χ0v) is 14.8. The molecule has 0 N–H and O–H groups in total. The van der Waals surface area contributed by atoms with E-state index in [-0.39, 0.29) is 17.9 Å². The van der Waals surface area contributed by atoms with E-state index in [1.54, 1.807) is 11.3 Å². The predicted molar refractivity (Wildman–Crippen MR) is 90.7 cm³/mol. The number of nitrogens with zero attached hydrogens (tertiary/aromatic N) is 5. The molecule has 2 atom stereocenters. The summed E-state index contributed by atoms with van der Waals surface area (Å²) < 4.78 is 5.81. The van der Waals surface area contributed by atoms with E-state index in [0.29, 0.717) is 24.9 Å². The molecular formula is C17H21N5O2S. The molecule has 3 saturated heterocycles. The normalized spacial score (nSPS) is 27.0. The number of aromatic nitrogens is 3. The Morgan fingerprint density at radius 3 is 2.80 bits per heavy atom. The first-order chi connectivity index (χ1) is 12.3. The van der Waals surface area contributed by atoms with Crippen LogP contribution in [0.1, 0.15) is 49.1 Å². The van der Waals surface area contributed by atoms with Gasteiger partial charge in [-0.3, -0.25) is 9.69 Å². The van der Waals surface area contributed by atoms with Crippen LogP contribution in [0, 0.1) is 5.92 Å². The van der Waals surface area contributed by atoms with E-state index in [2.05, 4.69) is 20.1 Å². The van der Waals surface area contributed by atoms with Gasteiger partial charge in [0.25, 0.3) is 0 Å². The SMILES string of the molecule is O=C1[C@@H]2CC[C@@H](CN(Cc3nnc(C4CC4)o3)C2)N1Cc1cscn1. The molecule has 0 radical (unpaired) electrons. The highest BCUT2D eigenvalue weighted by Gasteiger charge is 2.41. The lowest BCUT2D eigenvalue weighted by molar-refractivity contribution is -0.140. The first-order valence-electron chi connectivity index (χ1n) is 8.98. The van der Waals surface area contributed by atoms with Crippen molar-refractivity contribution in [3.63, 3.8) is 0 Å². The van der Waals surface area contributed by atoms with Gasteiger partial charge in [-0.05, 0) is 25.7 Å². The van der Waals surface area contributed by atoms with Crippen molar-refractivity contribution in [1.82, 2.24) is 25.0 Å². The number of carbonyl (C=O) groups is 1. The molecule has 132 valence electrons. The maximum atomic E-state index is 12.9. The number of carbonyl (C=O) groups excluding carboxylic acids is 1. The summed E-state index contributed by atoms with van der Waals surface area (Å²) >= 11 is 1.58. The number of piperidine rings is 1. The van der Waals surface area contributed by atoms with Crippen LogP contribution in [0.4, 0.5) is 0 Å². The number of rotatable bonds is 5. The first-order valence-corrected chi connectivity index (χ1v) is 9.92. The van der Waals surface area contributed by atoms with E-state index in [9.17, 15) is 4.79 Å². The zero-order chi connectivity index (χ0) is 16.8. The average molecular weight is 359 g/mol. The number of hydrogen-bond donors (Lipinski definition) is 0. The Morgan fingerprint density at radius 1 is 1.12 bits per heavy atom. The first kappa shape index (κ1) is 15.5. The summed E-state index contributed by atoms with van der Waals surface area (Å²) in [5.41, 5.74) is 2.82. The van der Waals surface area contributed by atoms with Crippen molar-refractivity contribution in [2.45, 2.75) is 50.7 Å². The number of amides is 1. The summed E-state index contributed by atoms with van der Waals surface area (Å²) in [6, 6.07) is 0.249. The fraction of sp³-hybridized carbons (Fsp3) is 0.647. The Hall–Kier alpha value is -1.80. The maximum Gasteiger partial charge on any atom is 0.230 e. The zero-order valence-electron chi connectivity index (χ0n) is 14.0. The van der Waals surface area contributed by atoms with Gasteiger partial charge in [-0.2, -0.15) is 0 Å². The van der Waals surface area contributed by atoms with Gasteiger partial charge in [-0.15, -0.1) is 21.5 Å². The summed E-state index contributed by atoms with van der Waals surface area (Å²) in [6.45, 7) is 2.92. The Kier molecular flexibility index (Phi) is 3.82. The van der Waals surface area contributed by atoms with Crippen LogP contribution in [0.3, 0.4) is 0 Å². The number of fused-ring (bicyclic) bond motifs is 4. The van der Waals surface area contributed by atoms with Gasteiger partial charge in [0, 0.05) is 30.4 Å². The molecule has 5 heterocycles. The van der Waals surface area contributed by atoms with Crippen LogP contribution in [0.5, 0.6) is 0 Å². The summed E-state index contributed by atoms with van der Waals surface area (Å²) in [5.74, 6) is 2.30. The smallest absolute Gasteiger partial charge is 0.230 e. The largest absolute Gasteiger partial charge is 0.424 e. The Bertz CT molecular complexity index is 757. The standard InChI is InChI=1S/C17H21N5O2S/c23-17-12-3-4-14(22(17)6-13-9-25-10-18-13)7-21(5-12)8-15-19-20-16(24-15)11-1-2-11/h9-12,14H,1-8H2/t12-,14+/m1/s1. The quantitative estimate of drug-likeness (QED) is 0.813. The molecule has 6 rings (SSSR count). The molecule has 1 saturated carbocycles. The van der Waals surface area contributed by atoms with Crippen molar-refractivity contribution >= 4 is 17.2 Å². The van der Waals surface area contributed by atoms with Gasteiger partial charge in [0.15, 0.2) is 0 Å². The summed E-state index contributed by atoms with van der Waals surface area (Å²) in [6.07, 6.45) is 4.37. The van der Waals surface area contributed by atoms with Gasteiger partial charge in [0.2, 0.25) is 17.7 Å². The van der Waals surface area contributed by atoms with E-state index in [4.69, 9.17) is 4.42 Å². The average Bonchev–Trinajstić information content (AvgIpc) is 3.23. The highest BCUT2D eigenvalue weighted by molar-refractivity contribution is 7.07. The molecule has 1 aliphatic carbocycles. The monoisotopic (exact) mass is 359 g/mol. The highest BCUT2D eigenvalue weighted by Crippen LogP contribution is 2.39. The molecule has 1 amide bonds. The molecule has 7 nitrogen and oxygen atoms in total. The lowest BCUT2D eigenvalue weighted by Crippen LogP contribution is -2.47. The van der Waals surface area contributed by atoms with Crippen molar-refractivity contribution in [3.05, 3.63) is 28.4 Å². The second kappa shape index (κ2) is 6.17. The molecular weight excluding hydrogens is 338 g/mol. The molecule has 4 fully saturated rings. The minimum Gasteiger partial charge on any atom is -0.424 e. The van der Waals surface area contributed by atoms with E-state index >= 15 is 0 Å².